The predicted octanol–water partition coefficient (Wildman–Crippen LogP) is 10.6. The fraction of sp³-hybridized carbons (Fsp3) is 0.0909. The molecule has 0 bridgehead atoms. The quantitative estimate of drug-likeness (QED) is 0.188. The number of para-hydroxylation sites is 2. The maximum atomic E-state index is 6.52. The summed E-state index contributed by atoms with van der Waals surface area (Å²) < 4.78 is 6.52. The van der Waals surface area contributed by atoms with Crippen LogP contribution in [0.1, 0.15) is 46.4 Å². The molecule has 2 unspecified atom stereocenters. The maximum Gasteiger partial charge on any atom is 0.132 e. The van der Waals surface area contributed by atoms with Crippen LogP contribution in [0.4, 0.5) is 0 Å². The van der Waals surface area contributed by atoms with Gasteiger partial charge in [-0.05, 0) is 58.5 Å². The van der Waals surface area contributed by atoms with Gasteiger partial charge in [0.2, 0.25) is 0 Å². The highest BCUT2D eigenvalue weighted by Gasteiger charge is 2.45. The Balaban J connectivity index is 1.21. The Morgan fingerprint density at radius 3 is 2.09 bits per heavy atom. The largest absolute Gasteiger partial charge is 0.457 e. The number of fused-ring (bicyclic) bond motifs is 5. The Labute approximate surface area is 274 Å². The molecule has 2 aromatic heterocycles. The van der Waals surface area contributed by atoms with Gasteiger partial charge in [-0.3, -0.25) is 4.98 Å². The molecule has 3 nitrogen and oxygen atoms in total. The van der Waals surface area contributed by atoms with E-state index in [1.165, 1.54) is 22.3 Å². The SMILES string of the molecule is CC1C=CC(c2cccc(C3(c4ccccc4)c4ccccc4Oc4ccccc43)c2)=CC1c1ccc2ccc3cccnc3c2n1. The molecule has 2 atom stereocenters. The van der Waals surface area contributed by atoms with Crippen LogP contribution in [0.2, 0.25) is 0 Å². The highest BCUT2D eigenvalue weighted by molar-refractivity contribution is 6.02. The predicted molar refractivity (Wildman–Crippen MR) is 191 cm³/mol. The monoisotopic (exact) mass is 604 g/mol. The minimum atomic E-state index is -0.553. The van der Waals surface area contributed by atoms with Gasteiger partial charge in [0.15, 0.2) is 0 Å². The van der Waals surface area contributed by atoms with Crippen molar-refractivity contribution >= 4 is 27.4 Å². The second-order valence-electron chi connectivity index (χ2n) is 12.6. The fourth-order valence-electron chi connectivity index (χ4n) is 7.65. The van der Waals surface area contributed by atoms with Crippen LogP contribution in [0, 0.1) is 5.92 Å². The van der Waals surface area contributed by atoms with Gasteiger partial charge in [-0.25, -0.2) is 4.98 Å². The minimum absolute atomic E-state index is 0.134. The van der Waals surface area contributed by atoms with E-state index in [4.69, 9.17) is 14.7 Å². The lowest BCUT2D eigenvalue weighted by atomic mass is 9.63. The van der Waals surface area contributed by atoms with Crippen LogP contribution in [0.3, 0.4) is 0 Å². The molecule has 224 valence electrons. The molecule has 0 N–H and O–H groups in total. The fourth-order valence-corrected chi connectivity index (χ4v) is 7.65. The first kappa shape index (κ1) is 27.5. The van der Waals surface area contributed by atoms with E-state index in [9.17, 15) is 0 Å². The molecular formula is C44H32N2O. The lowest BCUT2D eigenvalue weighted by Gasteiger charge is -2.41. The lowest BCUT2D eigenvalue weighted by Crippen LogP contribution is -2.34. The van der Waals surface area contributed by atoms with Gasteiger partial charge in [0.1, 0.15) is 11.5 Å². The van der Waals surface area contributed by atoms with Crippen molar-refractivity contribution in [3.63, 3.8) is 0 Å². The summed E-state index contributed by atoms with van der Waals surface area (Å²) in [7, 11) is 0. The van der Waals surface area contributed by atoms with Crippen LogP contribution >= 0.6 is 0 Å². The summed E-state index contributed by atoms with van der Waals surface area (Å²) >= 11 is 0. The number of rotatable bonds is 4. The molecule has 9 rings (SSSR count). The van der Waals surface area contributed by atoms with Crippen molar-refractivity contribution in [3.8, 4) is 11.5 Å². The van der Waals surface area contributed by atoms with Gasteiger partial charge in [-0.1, -0.05) is 134 Å². The number of hydrogen-bond donors (Lipinski definition) is 0. The van der Waals surface area contributed by atoms with Crippen LogP contribution < -0.4 is 4.74 Å². The zero-order valence-electron chi connectivity index (χ0n) is 26.0. The number of pyridine rings is 2. The van der Waals surface area contributed by atoms with Gasteiger partial charge in [0, 0.05) is 39.7 Å². The number of aromatic nitrogens is 2. The molecule has 0 radical (unpaired) electrons. The summed E-state index contributed by atoms with van der Waals surface area (Å²) in [5.74, 6) is 2.21. The average Bonchev–Trinajstić information content (AvgIpc) is 3.14. The van der Waals surface area contributed by atoms with E-state index >= 15 is 0 Å². The van der Waals surface area contributed by atoms with Crippen molar-refractivity contribution in [2.45, 2.75) is 18.3 Å². The molecule has 3 heteroatoms. The van der Waals surface area contributed by atoms with Gasteiger partial charge in [0.05, 0.1) is 16.4 Å². The zero-order valence-corrected chi connectivity index (χ0v) is 26.0. The Bertz CT molecular complexity index is 2330. The average molecular weight is 605 g/mol. The third kappa shape index (κ3) is 4.34. The molecule has 2 aliphatic rings. The smallest absolute Gasteiger partial charge is 0.132 e. The highest BCUT2D eigenvalue weighted by atomic mass is 16.5. The molecule has 47 heavy (non-hydrogen) atoms. The maximum absolute atomic E-state index is 6.52. The second-order valence-corrected chi connectivity index (χ2v) is 12.6. The van der Waals surface area contributed by atoms with E-state index in [1.54, 1.807) is 0 Å². The summed E-state index contributed by atoms with van der Waals surface area (Å²) in [6, 6.07) is 49.6. The van der Waals surface area contributed by atoms with Gasteiger partial charge >= 0.3 is 0 Å². The highest BCUT2D eigenvalue weighted by Crippen LogP contribution is 2.55. The van der Waals surface area contributed by atoms with Crippen LogP contribution in [0.15, 0.2) is 164 Å². The Hall–Kier alpha value is -5.80. The number of benzene rings is 5. The van der Waals surface area contributed by atoms with Gasteiger partial charge in [0.25, 0.3) is 0 Å². The Kier molecular flexibility index (Phi) is 6.39. The normalized spacial score (nSPS) is 17.9. The standard InChI is InChI=1S/C44H32N2O/c1-29-20-21-33(28-36(29)39-25-24-31-23-22-30-12-10-26-45-42(30)43(31)46-39)32-11-9-15-35(27-32)44(34-13-3-2-4-14-34)37-16-5-7-18-40(37)47-41-19-8-6-17-38(41)44/h2-29,36H,1H3. The van der Waals surface area contributed by atoms with Gasteiger partial charge < -0.3 is 4.74 Å². The molecule has 0 saturated heterocycles. The second kappa shape index (κ2) is 10.9. The Morgan fingerprint density at radius 2 is 1.30 bits per heavy atom. The Morgan fingerprint density at radius 1 is 0.617 bits per heavy atom. The topological polar surface area (TPSA) is 35.0 Å². The number of allylic oxidation sites excluding steroid dienone is 4. The van der Waals surface area contributed by atoms with Crippen LogP contribution in [0.25, 0.3) is 27.4 Å². The first-order chi connectivity index (χ1) is 23.2. The number of nitrogens with zero attached hydrogens (tertiary/aromatic N) is 2. The van der Waals surface area contributed by atoms with Gasteiger partial charge in [-0.15, -0.1) is 0 Å². The van der Waals surface area contributed by atoms with Crippen molar-refractivity contribution in [1.29, 1.82) is 0 Å². The van der Waals surface area contributed by atoms with E-state index < -0.39 is 5.41 Å². The zero-order chi connectivity index (χ0) is 31.4. The van der Waals surface area contributed by atoms with Crippen molar-refractivity contribution in [3.05, 3.63) is 197 Å². The van der Waals surface area contributed by atoms with Gasteiger partial charge in [-0.2, -0.15) is 0 Å². The summed E-state index contributed by atoms with van der Waals surface area (Å²) in [5.41, 5.74) is 9.50. The summed E-state index contributed by atoms with van der Waals surface area (Å²) in [5, 5.41) is 2.22. The van der Waals surface area contributed by atoms with E-state index in [-0.39, 0.29) is 5.92 Å². The van der Waals surface area contributed by atoms with E-state index in [2.05, 4.69) is 159 Å². The summed E-state index contributed by atoms with van der Waals surface area (Å²) in [6.45, 7) is 2.28. The molecule has 5 aromatic carbocycles. The molecule has 1 aliphatic heterocycles. The van der Waals surface area contributed by atoms with Crippen molar-refractivity contribution < 1.29 is 4.74 Å². The third-order valence-electron chi connectivity index (χ3n) is 9.94. The molecule has 0 spiro atoms. The van der Waals surface area contributed by atoms with E-state index in [0.717, 1.165) is 50.1 Å². The molecule has 0 amide bonds. The molecule has 0 fully saturated rings. The van der Waals surface area contributed by atoms with Crippen molar-refractivity contribution in [1.82, 2.24) is 9.97 Å². The van der Waals surface area contributed by atoms with E-state index in [0.29, 0.717) is 5.92 Å². The first-order valence-electron chi connectivity index (χ1n) is 16.3. The van der Waals surface area contributed by atoms with Crippen LogP contribution in [-0.2, 0) is 5.41 Å². The number of hydrogen-bond acceptors (Lipinski definition) is 3. The minimum Gasteiger partial charge on any atom is -0.457 e. The van der Waals surface area contributed by atoms with Crippen LogP contribution in [0.5, 0.6) is 11.5 Å². The van der Waals surface area contributed by atoms with Crippen LogP contribution in [-0.4, -0.2) is 9.97 Å². The molecule has 3 heterocycles. The third-order valence-corrected chi connectivity index (χ3v) is 9.94. The molecule has 7 aromatic rings. The van der Waals surface area contributed by atoms with E-state index in [1.807, 2.05) is 12.3 Å². The lowest BCUT2D eigenvalue weighted by molar-refractivity contribution is 0.434. The number of ether oxygens (including phenoxy) is 1. The van der Waals surface area contributed by atoms with Crippen molar-refractivity contribution in [2.24, 2.45) is 5.92 Å². The summed E-state index contributed by atoms with van der Waals surface area (Å²) in [6.07, 6.45) is 8.85. The summed E-state index contributed by atoms with van der Waals surface area (Å²) in [4.78, 5) is 9.94. The molecular weight excluding hydrogens is 572 g/mol. The first-order valence-corrected chi connectivity index (χ1v) is 16.3. The molecule has 0 saturated carbocycles. The van der Waals surface area contributed by atoms with Crippen molar-refractivity contribution in [2.75, 3.05) is 0 Å². The molecule has 1 aliphatic carbocycles.